The van der Waals surface area contributed by atoms with E-state index in [0.717, 1.165) is 13.1 Å². The lowest BCUT2D eigenvalue weighted by Gasteiger charge is -2.24. The number of amides is 2. The number of rotatable bonds is 9. The number of carbonyl (C=O) groups excluding carboxylic acids is 3. The van der Waals surface area contributed by atoms with E-state index in [1.54, 1.807) is 20.8 Å². The second-order valence-corrected chi connectivity index (χ2v) is 6.77. The van der Waals surface area contributed by atoms with Crippen LogP contribution >= 0.6 is 0 Å². The summed E-state index contributed by atoms with van der Waals surface area (Å²) >= 11 is 0. The second-order valence-electron chi connectivity index (χ2n) is 6.77. The van der Waals surface area contributed by atoms with Crippen LogP contribution in [0.25, 0.3) is 0 Å². The number of hydrogen-bond acceptors (Lipinski definition) is 6. The highest BCUT2D eigenvalue weighted by Crippen LogP contribution is 2.07. The molecule has 0 aliphatic heterocycles. The summed E-state index contributed by atoms with van der Waals surface area (Å²) in [5, 5.41) is 5.08. The van der Waals surface area contributed by atoms with Crippen molar-refractivity contribution in [3.63, 3.8) is 0 Å². The average Bonchev–Trinajstić information content (AvgIpc) is 2.51. The first-order valence-corrected chi connectivity index (χ1v) is 8.64. The Morgan fingerprint density at radius 3 is 2.08 bits per heavy atom. The molecule has 0 radical (unpaired) electrons. The minimum atomic E-state index is -0.838. The molecule has 0 aromatic carbocycles. The molecular formula is C17H33N3O5. The first-order valence-electron chi connectivity index (χ1n) is 8.64. The highest BCUT2D eigenvalue weighted by atomic mass is 16.6. The Morgan fingerprint density at radius 1 is 1.08 bits per heavy atom. The molecule has 0 aliphatic rings. The molecule has 0 aromatic heterocycles. The number of carbonyl (C=O) groups is 3. The predicted octanol–water partition coefficient (Wildman–Crippen LogP) is 1.29. The van der Waals surface area contributed by atoms with E-state index in [-0.39, 0.29) is 0 Å². The molecule has 0 heterocycles. The number of ether oxygens (including phenoxy) is 2. The maximum atomic E-state index is 12.3. The average molecular weight is 359 g/mol. The molecule has 8 nitrogen and oxygen atoms in total. The number of nitrogens with zero attached hydrogens (tertiary/aromatic N) is 1. The fourth-order valence-electron chi connectivity index (χ4n) is 2.09. The molecule has 2 amide bonds. The minimum Gasteiger partial charge on any atom is -0.467 e. The number of hydrogen-bond donors (Lipinski definition) is 2. The Labute approximate surface area is 150 Å². The van der Waals surface area contributed by atoms with Crippen LogP contribution in [-0.4, -0.2) is 67.3 Å². The maximum Gasteiger partial charge on any atom is 0.408 e. The van der Waals surface area contributed by atoms with E-state index in [1.807, 2.05) is 13.8 Å². The van der Waals surface area contributed by atoms with Gasteiger partial charge in [-0.2, -0.15) is 0 Å². The molecule has 0 saturated heterocycles. The quantitative estimate of drug-likeness (QED) is 0.602. The van der Waals surface area contributed by atoms with Gasteiger partial charge in [0.2, 0.25) is 5.91 Å². The van der Waals surface area contributed by atoms with Crippen LogP contribution in [0.4, 0.5) is 4.79 Å². The third kappa shape index (κ3) is 9.91. The Kier molecular flexibility index (Phi) is 10.1. The smallest absolute Gasteiger partial charge is 0.408 e. The van der Waals surface area contributed by atoms with Crippen LogP contribution in [0.5, 0.6) is 0 Å². The fraction of sp³-hybridized carbons (Fsp3) is 0.824. The lowest BCUT2D eigenvalue weighted by Crippen LogP contribution is -2.52. The van der Waals surface area contributed by atoms with Gasteiger partial charge in [0.1, 0.15) is 17.7 Å². The van der Waals surface area contributed by atoms with E-state index in [9.17, 15) is 14.4 Å². The van der Waals surface area contributed by atoms with Crippen LogP contribution in [-0.2, 0) is 19.1 Å². The van der Waals surface area contributed by atoms with E-state index in [0.29, 0.717) is 13.0 Å². The van der Waals surface area contributed by atoms with Crippen molar-refractivity contribution in [2.45, 2.75) is 65.6 Å². The topological polar surface area (TPSA) is 97.0 Å². The van der Waals surface area contributed by atoms with Crippen molar-refractivity contribution >= 4 is 18.0 Å². The first-order chi connectivity index (χ1) is 11.5. The molecule has 2 atom stereocenters. The molecule has 0 aromatic rings. The Bertz CT molecular complexity index is 444. The van der Waals surface area contributed by atoms with Crippen molar-refractivity contribution < 1.29 is 23.9 Å². The molecule has 146 valence electrons. The number of nitrogens with one attached hydrogen (secondary N) is 2. The van der Waals surface area contributed by atoms with E-state index in [4.69, 9.17) is 9.47 Å². The summed E-state index contributed by atoms with van der Waals surface area (Å²) in [6.45, 7) is 13.2. The van der Waals surface area contributed by atoms with Crippen molar-refractivity contribution in [2.24, 2.45) is 0 Å². The number of methoxy groups -OCH3 is 1. The van der Waals surface area contributed by atoms with Gasteiger partial charge in [-0.15, -0.1) is 0 Å². The van der Waals surface area contributed by atoms with Crippen LogP contribution in [0, 0.1) is 0 Å². The molecule has 0 fully saturated rings. The van der Waals surface area contributed by atoms with Gasteiger partial charge < -0.3 is 25.0 Å². The highest BCUT2D eigenvalue weighted by molar-refractivity contribution is 5.89. The monoisotopic (exact) mass is 359 g/mol. The molecule has 8 heteroatoms. The highest BCUT2D eigenvalue weighted by Gasteiger charge is 2.26. The van der Waals surface area contributed by atoms with E-state index in [1.165, 1.54) is 14.0 Å². The first kappa shape index (κ1) is 23.2. The number of alkyl carbamates (subject to hydrolysis) is 1. The van der Waals surface area contributed by atoms with E-state index < -0.39 is 35.7 Å². The zero-order valence-corrected chi connectivity index (χ0v) is 16.5. The summed E-state index contributed by atoms with van der Waals surface area (Å²) in [6, 6.07) is -1.60. The summed E-state index contributed by atoms with van der Waals surface area (Å²) < 4.78 is 9.87. The van der Waals surface area contributed by atoms with Crippen molar-refractivity contribution in [1.82, 2.24) is 15.5 Å². The second kappa shape index (κ2) is 10.9. The Morgan fingerprint density at radius 2 is 1.64 bits per heavy atom. The van der Waals surface area contributed by atoms with Crippen LogP contribution in [0.1, 0.15) is 48.0 Å². The van der Waals surface area contributed by atoms with Crippen molar-refractivity contribution in [1.29, 1.82) is 0 Å². The fourth-order valence-corrected chi connectivity index (χ4v) is 2.09. The van der Waals surface area contributed by atoms with Crippen molar-refractivity contribution in [2.75, 3.05) is 26.7 Å². The van der Waals surface area contributed by atoms with Gasteiger partial charge in [0, 0.05) is 6.54 Å². The molecular weight excluding hydrogens is 326 g/mol. The normalized spacial score (nSPS) is 13.8. The predicted molar refractivity (Wildman–Crippen MR) is 95.2 cm³/mol. The SMILES string of the molecule is CCN(CC)CC[C@H](NC(=O)[C@H](C)NC(=O)OC(C)(C)C)C(=O)OC. The molecule has 0 rings (SSSR count). The van der Waals surface area contributed by atoms with E-state index >= 15 is 0 Å². The Balaban J connectivity index is 4.68. The third-order valence-corrected chi connectivity index (χ3v) is 3.56. The van der Waals surface area contributed by atoms with Crippen LogP contribution in [0.2, 0.25) is 0 Å². The summed E-state index contributed by atoms with van der Waals surface area (Å²) in [5.41, 5.74) is -0.654. The zero-order chi connectivity index (χ0) is 19.6. The van der Waals surface area contributed by atoms with Gasteiger partial charge in [-0.1, -0.05) is 13.8 Å². The largest absolute Gasteiger partial charge is 0.467 e. The van der Waals surface area contributed by atoms with Gasteiger partial charge in [0.25, 0.3) is 0 Å². The molecule has 2 N–H and O–H groups in total. The third-order valence-electron chi connectivity index (χ3n) is 3.56. The number of esters is 1. The van der Waals surface area contributed by atoms with Gasteiger partial charge in [-0.05, 0) is 47.2 Å². The van der Waals surface area contributed by atoms with Crippen LogP contribution in [0.3, 0.4) is 0 Å². The lowest BCUT2D eigenvalue weighted by atomic mass is 10.1. The van der Waals surface area contributed by atoms with Gasteiger partial charge in [-0.25, -0.2) is 9.59 Å². The minimum absolute atomic E-state index is 0.430. The molecule has 0 aliphatic carbocycles. The molecule has 0 unspecified atom stereocenters. The van der Waals surface area contributed by atoms with Crippen molar-refractivity contribution in [3.8, 4) is 0 Å². The molecule has 0 bridgehead atoms. The molecule has 0 spiro atoms. The molecule has 0 saturated carbocycles. The zero-order valence-electron chi connectivity index (χ0n) is 16.5. The van der Waals surface area contributed by atoms with E-state index in [2.05, 4.69) is 15.5 Å². The Hall–Kier alpha value is -1.83. The van der Waals surface area contributed by atoms with Gasteiger partial charge in [0.15, 0.2) is 0 Å². The van der Waals surface area contributed by atoms with Crippen molar-refractivity contribution in [3.05, 3.63) is 0 Å². The van der Waals surface area contributed by atoms with Gasteiger partial charge in [-0.3, -0.25) is 4.79 Å². The summed E-state index contributed by atoms with van der Waals surface area (Å²) in [4.78, 5) is 38.0. The summed E-state index contributed by atoms with van der Waals surface area (Å²) in [6.07, 6.45) is -0.257. The lowest BCUT2D eigenvalue weighted by molar-refractivity contribution is -0.145. The molecule has 25 heavy (non-hydrogen) atoms. The summed E-state index contributed by atoms with van der Waals surface area (Å²) in [5.74, 6) is -0.981. The van der Waals surface area contributed by atoms with Gasteiger partial charge in [0.05, 0.1) is 7.11 Å². The summed E-state index contributed by atoms with van der Waals surface area (Å²) in [7, 11) is 1.28. The van der Waals surface area contributed by atoms with Gasteiger partial charge >= 0.3 is 12.1 Å². The van der Waals surface area contributed by atoms with Crippen LogP contribution < -0.4 is 10.6 Å². The standard InChI is InChI=1S/C17H33N3O5/c1-8-20(9-2)11-10-13(15(22)24-7)19-14(21)12(3)18-16(23)25-17(4,5)6/h12-13H,8-11H2,1-7H3,(H,18,23)(H,19,21)/t12-,13-/m0/s1. The van der Waals surface area contributed by atoms with Crippen LogP contribution in [0.15, 0.2) is 0 Å². The maximum absolute atomic E-state index is 12.3.